The lowest BCUT2D eigenvalue weighted by atomic mass is 10.1. The van der Waals surface area contributed by atoms with Crippen LogP contribution in [-0.4, -0.2) is 40.4 Å². The minimum Gasteiger partial charge on any atom is -0.487 e. The van der Waals surface area contributed by atoms with Gasteiger partial charge in [0.2, 0.25) is 5.91 Å². The average molecular weight is 520 g/mol. The summed E-state index contributed by atoms with van der Waals surface area (Å²) in [6, 6.07) is 17.6. The monoisotopic (exact) mass is 519 g/mol. The third kappa shape index (κ3) is 6.33. The van der Waals surface area contributed by atoms with Crippen molar-refractivity contribution in [1.29, 1.82) is 0 Å². The maximum Gasteiger partial charge on any atom is 0.335 e. The molecule has 1 saturated heterocycles. The molecule has 4 rings (SSSR count). The minimum atomic E-state index is -1.03. The second kappa shape index (κ2) is 11.0. The molecule has 3 N–H and O–H groups in total. The van der Waals surface area contributed by atoms with Crippen LogP contribution in [0.3, 0.4) is 0 Å². The molecule has 1 heterocycles. The molecule has 0 aliphatic carbocycles. The molecule has 0 aromatic heterocycles. The van der Waals surface area contributed by atoms with E-state index in [2.05, 4.69) is 10.6 Å². The van der Waals surface area contributed by atoms with Crippen molar-refractivity contribution < 1.29 is 29.0 Å². The molecule has 10 heteroatoms. The maximum absolute atomic E-state index is 12.7. The van der Waals surface area contributed by atoms with E-state index in [9.17, 15) is 19.2 Å². The molecule has 1 aliphatic rings. The second-order valence-corrected chi connectivity index (χ2v) is 8.69. The van der Waals surface area contributed by atoms with Gasteiger partial charge < -0.3 is 20.5 Å². The molecule has 0 spiro atoms. The molecule has 188 valence electrons. The highest BCUT2D eigenvalue weighted by Gasteiger charge is 2.35. The van der Waals surface area contributed by atoms with Crippen molar-refractivity contribution >= 4 is 47.2 Å². The Labute approximate surface area is 217 Å². The minimum absolute atomic E-state index is 0.00331. The number of rotatable bonds is 8. The Kier molecular flexibility index (Phi) is 7.55. The number of carbonyl (C=O) groups is 4. The number of hydrogen-bond acceptors (Lipinski definition) is 5. The molecule has 0 radical (unpaired) electrons. The number of carbonyl (C=O) groups excluding carboxylic acids is 3. The number of anilines is 1. The predicted molar refractivity (Wildman–Crippen MR) is 137 cm³/mol. The van der Waals surface area contributed by atoms with E-state index in [-0.39, 0.29) is 22.9 Å². The summed E-state index contributed by atoms with van der Waals surface area (Å²) in [7, 11) is 0. The Morgan fingerprint density at radius 1 is 1.08 bits per heavy atom. The molecule has 3 aromatic rings. The summed E-state index contributed by atoms with van der Waals surface area (Å²) in [6.07, 6.45) is 1.45. The summed E-state index contributed by atoms with van der Waals surface area (Å²) >= 11 is 6.33. The van der Waals surface area contributed by atoms with Crippen LogP contribution in [-0.2, 0) is 16.2 Å². The lowest BCUT2D eigenvalue weighted by Gasteiger charge is -2.12. The summed E-state index contributed by atoms with van der Waals surface area (Å²) in [5.41, 5.74) is 2.87. The lowest BCUT2D eigenvalue weighted by molar-refractivity contribution is -0.127. The van der Waals surface area contributed by atoms with Gasteiger partial charge in [-0.1, -0.05) is 41.9 Å². The Morgan fingerprint density at radius 2 is 1.86 bits per heavy atom. The number of aromatic carboxylic acids is 1. The molecule has 3 aromatic carbocycles. The first-order valence-electron chi connectivity index (χ1n) is 11.2. The topological polar surface area (TPSA) is 125 Å². The van der Waals surface area contributed by atoms with Crippen LogP contribution in [0.5, 0.6) is 5.75 Å². The van der Waals surface area contributed by atoms with Crippen LogP contribution in [0.4, 0.5) is 10.5 Å². The van der Waals surface area contributed by atoms with Crippen LogP contribution in [0.15, 0.2) is 72.4 Å². The number of halogens is 1. The Morgan fingerprint density at radius 3 is 2.59 bits per heavy atom. The van der Waals surface area contributed by atoms with Gasteiger partial charge in [-0.15, -0.1) is 0 Å². The highest BCUT2D eigenvalue weighted by atomic mass is 35.5. The maximum atomic E-state index is 12.7. The van der Waals surface area contributed by atoms with Crippen molar-refractivity contribution in [2.75, 3.05) is 11.9 Å². The van der Waals surface area contributed by atoms with E-state index in [1.54, 1.807) is 48.5 Å². The molecule has 0 atom stereocenters. The zero-order valence-corrected chi connectivity index (χ0v) is 20.4. The van der Waals surface area contributed by atoms with Gasteiger partial charge in [0.25, 0.3) is 5.91 Å². The van der Waals surface area contributed by atoms with Crippen molar-refractivity contribution in [2.45, 2.75) is 13.5 Å². The number of imide groups is 1. The van der Waals surface area contributed by atoms with E-state index in [4.69, 9.17) is 21.4 Å². The first-order valence-corrected chi connectivity index (χ1v) is 11.5. The number of amides is 4. The smallest absolute Gasteiger partial charge is 0.335 e. The number of hydrogen-bond donors (Lipinski definition) is 3. The van der Waals surface area contributed by atoms with Crippen LogP contribution >= 0.6 is 11.6 Å². The van der Waals surface area contributed by atoms with E-state index < -0.39 is 30.4 Å². The Balaban J connectivity index is 1.39. The summed E-state index contributed by atoms with van der Waals surface area (Å²) in [6.45, 7) is 1.55. The zero-order chi connectivity index (χ0) is 26.5. The van der Waals surface area contributed by atoms with Gasteiger partial charge in [0.15, 0.2) is 0 Å². The van der Waals surface area contributed by atoms with Gasteiger partial charge in [-0.2, -0.15) is 0 Å². The van der Waals surface area contributed by atoms with Gasteiger partial charge >= 0.3 is 12.0 Å². The van der Waals surface area contributed by atoms with Crippen LogP contribution in [0.25, 0.3) is 6.08 Å². The third-order valence-electron chi connectivity index (χ3n) is 5.40. The molecule has 4 amide bonds. The largest absolute Gasteiger partial charge is 0.487 e. The first kappa shape index (κ1) is 25.5. The fourth-order valence-corrected chi connectivity index (χ4v) is 3.87. The van der Waals surface area contributed by atoms with Gasteiger partial charge in [0.05, 0.1) is 10.6 Å². The molecule has 37 heavy (non-hydrogen) atoms. The van der Waals surface area contributed by atoms with Crippen LogP contribution in [0.2, 0.25) is 5.02 Å². The average Bonchev–Trinajstić information content (AvgIpc) is 3.11. The summed E-state index contributed by atoms with van der Waals surface area (Å²) in [5, 5.41) is 14.5. The fraction of sp³-hybridized carbons (Fsp3) is 0.111. The van der Waals surface area contributed by atoms with Crippen molar-refractivity contribution in [3.05, 3.63) is 99.7 Å². The molecular formula is C27H22ClN3O6. The molecular weight excluding hydrogens is 498 g/mol. The zero-order valence-electron chi connectivity index (χ0n) is 19.7. The van der Waals surface area contributed by atoms with Gasteiger partial charge in [-0.05, 0) is 66.1 Å². The highest BCUT2D eigenvalue weighted by molar-refractivity contribution is 6.32. The number of nitrogens with one attached hydrogen (secondary N) is 2. The van der Waals surface area contributed by atoms with Crippen LogP contribution in [0.1, 0.15) is 27.0 Å². The quantitative estimate of drug-likeness (QED) is 0.298. The predicted octanol–water partition coefficient (Wildman–Crippen LogP) is 4.46. The lowest BCUT2D eigenvalue weighted by Crippen LogP contribution is -2.38. The van der Waals surface area contributed by atoms with Crippen LogP contribution < -0.4 is 15.4 Å². The Hall–Kier alpha value is -4.63. The number of ether oxygens (including phenoxy) is 1. The van der Waals surface area contributed by atoms with Crippen molar-refractivity contribution in [3.8, 4) is 5.75 Å². The number of aryl methyl sites for hydroxylation is 1. The molecule has 1 aliphatic heterocycles. The number of benzene rings is 3. The third-order valence-corrected chi connectivity index (χ3v) is 5.70. The van der Waals surface area contributed by atoms with Gasteiger partial charge in [-0.25, -0.2) is 14.5 Å². The fourth-order valence-electron chi connectivity index (χ4n) is 3.63. The summed E-state index contributed by atoms with van der Waals surface area (Å²) < 4.78 is 5.70. The molecule has 0 saturated carbocycles. The van der Waals surface area contributed by atoms with E-state index in [0.717, 1.165) is 10.5 Å². The molecule has 9 nitrogen and oxygen atoms in total. The molecule has 0 bridgehead atoms. The second-order valence-electron chi connectivity index (χ2n) is 8.28. The van der Waals surface area contributed by atoms with Crippen LogP contribution in [0, 0.1) is 6.92 Å². The van der Waals surface area contributed by atoms with E-state index >= 15 is 0 Å². The highest BCUT2D eigenvalue weighted by Crippen LogP contribution is 2.28. The number of nitrogens with zero attached hydrogens (tertiary/aromatic N) is 1. The van der Waals surface area contributed by atoms with Gasteiger partial charge in [0.1, 0.15) is 24.6 Å². The van der Waals surface area contributed by atoms with E-state index in [1.165, 1.54) is 18.2 Å². The standard InChI is InChI=1S/C27H22ClN3O6/c1-16-4-2-7-20(10-16)29-24(32)14-31-25(33)22(30-27(31)36)13-17-8-9-23(21(28)12-17)37-15-18-5-3-6-19(11-18)26(34)35/h2-13H,14-15H2,1H3,(H,29,32)(H,30,36)(H,34,35)/b22-13+. The van der Waals surface area contributed by atoms with Gasteiger partial charge in [-0.3, -0.25) is 9.59 Å². The normalized spacial score (nSPS) is 14.0. The molecule has 0 unspecified atom stereocenters. The Bertz CT molecular complexity index is 1440. The van der Waals surface area contributed by atoms with Gasteiger partial charge in [0, 0.05) is 5.69 Å². The summed E-state index contributed by atoms with van der Waals surface area (Å²) in [4.78, 5) is 49.4. The summed E-state index contributed by atoms with van der Waals surface area (Å²) in [5.74, 6) is -1.81. The first-order chi connectivity index (χ1) is 17.7. The van der Waals surface area contributed by atoms with E-state index in [0.29, 0.717) is 22.6 Å². The van der Waals surface area contributed by atoms with Crippen molar-refractivity contribution in [1.82, 2.24) is 10.2 Å². The SMILES string of the molecule is Cc1cccc(NC(=O)CN2C(=O)N/C(=C/c3ccc(OCc4cccc(C(=O)O)c4)c(Cl)c3)C2=O)c1. The van der Waals surface area contributed by atoms with E-state index in [1.807, 2.05) is 13.0 Å². The van der Waals surface area contributed by atoms with Crippen molar-refractivity contribution in [3.63, 3.8) is 0 Å². The number of urea groups is 1. The number of carboxylic acid groups (broad SMARTS) is 1. The number of carboxylic acids is 1. The van der Waals surface area contributed by atoms with Crippen molar-refractivity contribution in [2.24, 2.45) is 0 Å². The molecule has 1 fully saturated rings.